The van der Waals surface area contributed by atoms with Gasteiger partial charge in [0.15, 0.2) is 0 Å². The zero-order chi connectivity index (χ0) is 13.9. The predicted octanol–water partition coefficient (Wildman–Crippen LogP) is 4.68. The summed E-state index contributed by atoms with van der Waals surface area (Å²) in [5.74, 6) is 0. The maximum absolute atomic E-state index is 12.4. The fraction of sp³-hybridized carbons (Fsp3) is 0.250. The highest BCUT2D eigenvalue weighted by molar-refractivity contribution is 9.10. The van der Waals surface area contributed by atoms with Gasteiger partial charge in [0.2, 0.25) is 0 Å². The van der Waals surface area contributed by atoms with Crippen molar-refractivity contribution in [2.45, 2.75) is 18.9 Å². The lowest BCUT2D eigenvalue weighted by Crippen LogP contribution is -2.21. The first-order valence-electron chi connectivity index (χ1n) is 6.18. The average Bonchev–Trinajstić information content (AvgIpc) is 2.39. The number of aliphatic hydroxyl groups is 1. The molecule has 2 aromatic carbocycles. The Bertz CT molecular complexity index is 549. The second-order valence-corrected chi connectivity index (χ2v) is 5.72. The Labute approximate surface area is 121 Å². The van der Waals surface area contributed by atoms with Gasteiger partial charge < -0.3 is 5.11 Å². The minimum atomic E-state index is -1.11. The van der Waals surface area contributed by atoms with Crippen LogP contribution in [0.1, 0.15) is 18.9 Å². The van der Waals surface area contributed by atoms with Crippen LogP contribution in [0.25, 0.3) is 11.1 Å². The van der Waals surface area contributed by atoms with E-state index >= 15 is 0 Å². The monoisotopic (exact) mass is 322 g/mol. The number of rotatable bonds is 4. The zero-order valence-corrected chi connectivity index (χ0v) is 12.3. The molecule has 1 nitrogen and oxygen atoms in total. The lowest BCUT2D eigenvalue weighted by molar-refractivity contribution is 0.0408. The van der Waals surface area contributed by atoms with Gasteiger partial charge in [-0.15, -0.1) is 0 Å². The average molecular weight is 323 g/mol. The van der Waals surface area contributed by atoms with Gasteiger partial charge in [0.25, 0.3) is 0 Å². The molecule has 0 amide bonds. The topological polar surface area (TPSA) is 20.2 Å². The fourth-order valence-corrected chi connectivity index (χ4v) is 2.42. The third-order valence-corrected chi connectivity index (χ3v) is 3.74. The van der Waals surface area contributed by atoms with Crippen molar-refractivity contribution in [3.63, 3.8) is 0 Å². The highest BCUT2D eigenvalue weighted by Crippen LogP contribution is 2.28. The van der Waals surface area contributed by atoms with Crippen molar-refractivity contribution in [1.82, 2.24) is 0 Å². The minimum Gasteiger partial charge on any atom is -0.385 e. The number of benzene rings is 2. The molecule has 2 rings (SSSR count). The van der Waals surface area contributed by atoms with Crippen molar-refractivity contribution >= 4 is 15.9 Å². The third kappa shape index (κ3) is 3.43. The molecule has 1 unspecified atom stereocenters. The van der Waals surface area contributed by atoms with Gasteiger partial charge in [-0.3, -0.25) is 4.39 Å². The smallest absolute Gasteiger partial charge is 0.0925 e. The molecule has 1 atom stereocenters. The number of hydrogen-bond donors (Lipinski definition) is 1. The lowest BCUT2D eigenvalue weighted by atomic mass is 9.91. The first-order chi connectivity index (χ1) is 9.03. The molecule has 19 heavy (non-hydrogen) atoms. The van der Waals surface area contributed by atoms with E-state index in [9.17, 15) is 9.50 Å². The zero-order valence-electron chi connectivity index (χ0n) is 10.7. The molecule has 0 fully saturated rings. The fourth-order valence-electron chi connectivity index (χ4n) is 2.02. The van der Waals surface area contributed by atoms with E-state index in [4.69, 9.17) is 0 Å². The Morgan fingerprint density at radius 3 is 2.37 bits per heavy atom. The van der Waals surface area contributed by atoms with E-state index in [1.165, 1.54) is 0 Å². The Hall–Kier alpha value is -1.19. The maximum atomic E-state index is 12.4. The summed E-state index contributed by atoms with van der Waals surface area (Å²) in [7, 11) is 0. The molecule has 0 bridgehead atoms. The molecule has 100 valence electrons. The standard InChI is InChI=1S/C16H16BrFO/c1-16(19,9-10-18)14-7-5-12(6-8-14)13-3-2-4-15(17)11-13/h2-8,11,19H,9-10H2,1H3. The molecular weight excluding hydrogens is 307 g/mol. The summed E-state index contributed by atoms with van der Waals surface area (Å²) in [6, 6.07) is 15.6. The summed E-state index contributed by atoms with van der Waals surface area (Å²) in [5.41, 5.74) is 1.81. The van der Waals surface area contributed by atoms with Crippen molar-refractivity contribution in [3.8, 4) is 11.1 Å². The third-order valence-electron chi connectivity index (χ3n) is 3.25. The second-order valence-electron chi connectivity index (χ2n) is 4.80. The highest BCUT2D eigenvalue weighted by atomic mass is 79.9. The molecule has 0 spiro atoms. The highest BCUT2D eigenvalue weighted by Gasteiger charge is 2.22. The van der Waals surface area contributed by atoms with Crippen molar-refractivity contribution < 1.29 is 9.50 Å². The van der Waals surface area contributed by atoms with Gasteiger partial charge >= 0.3 is 0 Å². The summed E-state index contributed by atoms with van der Waals surface area (Å²) in [5, 5.41) is 10.1. The van der Waals surface area contributed by atoms with E-state index in [1.54, 1.807) is 6.92 Å². The first-order valence-corrected chi connectivity index (χ1v) is 6.97. The van der Waals surface area contributed by atoms with Gasteiger partial charge in [0.05, 0.1) is 12.3 Å². The largest absolute Gasteiger partial charge is 0.385 e. The molecule has 3 heteroatoms. The van der Waals surface area contributed by atoms with E-state index in [-0.39, 0.29) is 6.42 Å². The Morgan fingerprint density at radius 2 is 1.79 bits per heavy atom. The van der Waals surface area contributed by atoms with Crippen molar-refractivity contribution in [2.75, 3.05) is 6.67 Å². The molecule has 0 saturated heterocycles. The summed E-state index contributed by atoms with van der Waals surface area (Å²) >= 11 is 3.44. The normalized spacial score (nSPS) is 14.1. The Balaban J connectivity index is 2.28. The summed E-state index contributed by atoms with van der Waals surface area (Å²) in [6.45, 7) is 1.11. The number of hydrogen-bond acceptors (Lipinski definition) is 1. The number of halogens is 2. The quantitative estimate of drug-likeness (QED) is 0.866. The second kappa shape index (κ2) is 5.85. The molecular formula is C16H16BrFO. The van der Waals surface area contributed by atoms with E-state index in [0.29, 0.717) is 0 Å². The predicted molar refractivity (Wildman–Crippen MR) is 79.7 cm³/mol. The van der Waals surface area contributed by atoms with E-state index in [0.717, 1.165) is 21.2 Å². The van der Waals surface area contributed by atoms with Gasteiger partial charge in [0.1, 0.15) is 0 Å². The number of alkyl halides is 1. The van der Waals surface area contributed by atoms with Crippen LogP contribution in [-0.4, -0.2) is 11.8 Å². The van der Waals surface area contributed by atoms with Crippen LogP contribution in [0.5, 0.6) is 0 Å². The lowest BCUT2D eigenvalue weighted by Gasteiger charge is -2.22. The Kier molecular flexibility index (Phi) is 4.38. The van der Waals surface area contributed by atoms with Gasteiger partial charge in [-0.05, 0) is 35.7 Å². The van der Waals surface area contributed by atoms with Crippen LogP contribution in [0, 0.1) is 0 Å². The van der Waals surface area contributed by atoms with Crippen LogP contribution < -0.4 is 0 Å². The van der Waals surface area contributed by atoms with Gasteiger partial charge in [-0.2, -0.15) is 0 Å². The molecule has 0 aliphatic carbocycles. The van der Waals surface area contributed by atoms with E-state index in [1.807, 2.05) is 48.5 Å². The van der Waals surface area contributed by atoms with Gasteiger partial charge in [-0.1, -0.05) is 52.3 Å². The van der Waals surface area contributed by atoms with Crippen molar-refractivity contribution in [2.24, 2.45) is 0 Å². The van der Waals surface area contributed by atoms with Crippen LogP contribution >= 0.6 is 15.9 Å². The van der Waals surface area contributed by atoms with Gasteiger partial charge in [-0.25, -0.2) is 0 Å². The summed E-state index contributed by atoms with van der Waals surface area (Å²) in [4.78, 5) is 0. The summed E-state index contributed by atoms with van der Waals surface area (Å²) < 4.78 is 13.4. The molecule has 0 heterocycles. The first kappa shape index (κ1) is 14.2. The molecule has 0 aliphatic heterocycles. The van der Waals surface area contributed by atoms with E-state index < -0.39 is 12.3 Å². The van der Waals surface area contributed by atoms with E-state index in [2.05, 4.69) is 15.9 Å². The van der Waals surface area contributed by atoms with Crippen LogP contribution in [0.4, 0.5) is 4.39 Å². The Morgan fingerprint density at radius 1 is 1.11 bits per heavy atom. The van der Waals surface area contributed by atoms with Crippen LogP contribution in [0.15, 0.2) is 53.0 Å². The van der Waals surface area contributed by atoms with Crippen molar-refractivity contribution in [1.29, 1.82) is 0 Å². The molecule has 0 aliphatic rings. The molecule has 2 aromatic rings. The van der Waals surface area contributed by atoms with Gasteiger partial charge in [0, 0.05) is 10.9 Å². The molecule has 0 saturated carbocycles. The van der Waals surface area contributed by atoms with Crippen LogP contribution in [-0.2, 0) is 5.60 Å². The summed E-state index contributed by atoms with van der Waals surface area (Å²) in [6.07, 6.45) is 0.114. The molecule has 0 aromatic heterocycles. The molecule has 0 radical (unpaired) electrons. The maximum Gasteiger partial charge on any atom is 0.0925 e. The van der Waals surface area contributed by atoms with Crippen molar-refractivity contribution in [3.05, 3.63) is 58.6 Å². The molecule has 1 N–H and O–H groups in total. The minimum absolute atomic E-state index is 0.114. The van der Waals surface area contributed by atoms with Crippen LogP contribution in [0.2, 0.25) is 0 Å². The SMILES string of the molecule is CC(O)(CCF)c1ccc(-c2cccc(Br)c2)cc1. The van der Waals surface area contributed by atoms with Crippen LogP contribution in [0.3, 0.4) is 0 Å².